The second kappa shape index (κ2) is 9.93. The molecule has 1 aromatic carbocycles. The first kappa shape index (κ1) is 19.9. The molecule has 9 heteroatoms. The summed E-state index contributed by atoms with van der Waals surface area (Å²) in [5.74, 6) is -0.520. The molecule has 1 fully saturated rings. The monoisotopic (exact) mass is 461 g/mol. The molecule has 136 valence electrons. The summed E-state index contributed by atoms with van der Waals surface area (Å²) < 4.78 is 23.1. The molecule has 0 unspecified atom stereocenters. The average molecular weight is 461 g/mol. The van der Waals surface area contributed by atoms with Crippen molar-refractivity contribution in [1.29, 1.82) is 0 Å². The zero-order chi connectivity index (χ0) is 18.2. The predicted octanol–water partition coefficient (Wildman–Crippen LogP) is 2.99. The third-order valence-electron chi connectivity index (χ3n) is 3.79. The first-order valence-corrected chi connectivity index (χ1v) is 9.24. The van der Waals surface area contributed by atoms with Crippen molar-refractivity contribution in [3.8, 4) is 0 Å². The van der Waals surface area contributed by atoms with E-state index in [1.807, 2.05) is 30.3 Å². The van der Waals surface area contributed by atoms with E-state index >= 15 is 0 Å². The fourth-order valence-corrected chi connectivity index (χ4v) is 3.41. The molecular weight excluding hydrogens is 441 g/mol. The summed E-state index contributed by atoms with van der Waals surface area (Å²) >= 11 is 2.16. The van der Waals surface area contributed by atoms with E-state index in [0.29, 0.717) is 11.0 Å². The van der Waals surface area contributed by atoms with Crippen LogP contribution in [0, 0.1) is 0 Å². The second-order valence-corrected chi connectivity index (χ2v) is 6.34. The topological polar surface area (TPSA) is 103 Å². The third kappa shape index (κ3) is 5.29. The Kier molecular flexibility index (Phi) is 7.91. The highest BCUT2D eigenvalue weighted by Gasteiger charge is 2.47. The molecule has 1 aliphatic rings. The lowest BCUT2D eigenvalue weighted by atomic mass is 9.97. The van der Waals surface area contributed by atoms with Gasteiger partial charge in [0.2, 0.25) is 6.29 Å². The molecule has 1 aliphatic heterocycles. The highest BCUT2D eigenvalue weighted by Crippen LogP contribution is 2.30. The van der Waals surface area contributed by atoms with Crippen LogP contribution in [0.5, 0.6) is 0 Å². The van der Waals surface area contributed by atoms with E-state index in [9.17, 15) is 4.79 Å². The maximum Gasteiger partial charge on any atom is 0.304 e. The fourth-order valence-electron chi connectivity index (χ4n) is 2.70. The molecular formula is C16H20IN3O5. The number of esters is 1. The van der Waals surface area contributed by atoms with Gasteiger partial charge < -0.3 is 18.9 Å². The van der Waals surface area contributed by atoms with Crippen molar-refractivity contribution in [3.05, 3.63) is 46.3 Å². The Morgan fingerprint density at radius 1 is 1.36 bits per heavy atom. The molecule has 0 N–H and O–H groups in total. The van der Waals surface area contributed by atoms with E-state index < -0.39 is 30.5 Å². The Balaban J connectivity index is 2.25. The Morgan fingerprint density at radius 2 is 2.08 bits per heavy atom. The van der Waals surface area contributed by atoms with Crippen LogP contribution >= 0.6 is 22.6 Å². The minimum Gasteiger partial charge on any atom is -0.435 e. The van der Waals surface area contributed by atoms with Crippen molar-refractivity contribution in [1.82, 2.24) is 0 Å². The van der Waals surface area contributed by atoms with Crippen molar-refractivity contribution in [2.45, 2.75) is 44.2 Å². The Bertz CT molecular complexity index is 611. The molecule has 5 atom stereocenters. The van der Waals surface area contributed by atoms with Crippen molar-refractivity contribution in [2.75, 3.05) is 11.5 Å². The number of nitrogens with zero attached hydrogens (tertiary/aromatic N) is 3. The summed E-state index contributed by atoms with van der Waals surface area (Å²) in [6.07, 6.45) is -2.44. The standard InChI is InChI=1S/C16H20IN3O5/c1-10(21)24-16-13(19-20-18)15(14(22-2)12(8-17)25-16)23-9-11-6-4-3-5-7-11/h3-7,12-16H,8-9H2,1-2H3/t12-,13-,14-,15-,16+/m1/s1. The van der Waals surface area contributed by atoms with Crippen LogP contribution in [0.4, 0.5) is 0 Å². The van der Waals surface area contributed by atoms with Crippen LogP contribution in [0.25, 0.3) is 10.4 Å². The quantitative estimate of drug-likeness (QED) is 0.155. The average Bonchev–Trinajstić information content (AvgIpc) is 2.61. The largest absolute Gasteiger partial charge is 0.435 e. The molecule has 2 rings (SSSR count). The molecule has 0 radical (unpaired) electrons. The normalized spacial score (nSPS) is 28.8. The van der Waals surface area contributed by atoms with Gasteiger partial charge in [0.05, 0.1) is 12.7 Å². The number of benzene rings is 1. The highest BCUT2D eigenvalue weighted by molar-refractivity contribution is 14.1. The number of ether oxygens (including phenoxy) is 4. The molecule has 0 amide bonds. The second-order valence-electron chi connectivity index (χ2n) is 5.46. The predicted molar refractivity (Wildman–Crippen MR) is 98.1 cm³/mol. The molecule has 1 saturated heterocycles. The van der Waals surface area contributed by atoms with E-state index in [-0.39, 0.29) is 6.10 Å². The van der Waals surface area contributed by atoms with E-state index in [1.54, 1.807) is 7.11 Å². The van der Waals surface area contributed by atoms with Gasteiger partial charge in [-0.2, -0.15) is 0 Å². The maximum absolute atomic E-state index is 11.4. The lowest BCUT2D eigenvalue weighted by Crippen LogP contribution is -2.59. The van der Waals surface area contributed by atoms with E-state index in [1.165, 1.54) is 6.92 Å². The number of hydrogen-bond acceptors (Lipinski definition) is 6. The molecule has 0 spiro atoms. The van der Waals surface area contributed by atoms with Crippen LogP contribution in [0.2, 0.25) is 0 Å². The van der Waals surface area contributed by atoms with Crippen molar-refractivity contribution >= 4 is 28.6 Å². The first-order chi connectivity index (χ1) is 12.1. The van der Waals surface area contributed by atoms with Crippen LogP contribution in [-0.4, -0.2) is 48.2 Å². The van der Waals surface area contributed by atoms with Crippen molar-refractivity contribution in [2.24, 2.45) is 5.11 Å². The van der Waals surface area contributed by atoms with Gasteiger partial charge in [-0.15, -0.1) is 0 Å². The number of halogens is 1. The lowest BCUT2D eigenvalue weighted by Gasteiger charge is -2.43. The Morgan fingerprint density at radius 3 is 2.64 bits per heavy atom. The number of carbonyl (C=O) groups is 1. The summed E-state index contributed by atoms with van der Waals surface area (Å²) in [6.45, 7) is 1.58. The summed E-state index contributed by atoms with van der Waals surface area (Å²) in [5, 5.41) is 3.75. The number of methoxy groups -OCH3 is 1. The third-order valence-corrected chi connectivity index (χ3v) is 4.66. The minimum atomic E-state index is -1.01. The molecule has 0 bridgehead atoms. The number of carbonyl (C=O) groups excluding carboxylic acids is 1. The van der Waals surface area contributed by atoms with Gasteiger partial charge in [-0.3, -0.25) is 4.79 Å². The van der Waals surface area contributed by atoms with Gasteiger partial charge in [0.15, 0.2) is 0 Å². The van der Waals surface area contributed by atoms with Crippen LogP contribution in [0.15, 0.2) is 35.4 Å². The van der Waals surface area contributed by atoms with Crippen LogP contribution < -0.4 is 0 Å². The number of alkyl halides is 1. The van der Waals surface area contributed by atoms with Gasteiger partial charge in [-0.1, -0.05) is 58.0 Å². The zero-order valence-corrected chi connectivity index (χ0v) is 16.1. The van der Waals surface area contributed by atoms with Crippen LogP contribution in [-0.2, 0) is 30.3 Å². The lowest BCUT2D eigenvalue weighted by molar-refractivity contribution is -0.259. The zero-order valence-electron chi connectivity index (χ0n) is 13.9. The van der Waals surface area contributed by atoms with Crippen LogP contribution in [0.1, 0.15) is 12.5 Å². The maximum atomic E-state index is 11.4. The molecule has 0 aliphatic carbocycles. The van der Waals surface area contributed by atoms with Crippen molar-refractivity contribution < 1.29 is 23.7 Å². The molecule has 1 heterocycles. The van der Waals surface area contributed by atoms with Gasteiger partial charge >= 0.3 is 5.97 Å². The van der Waals surface area contributed by atoms with Gasteiger partial charge in [-0.05, 0) is 11.1 Å². The molecule has 0 aromatic heterocycles. The number of azide groups is 1. The smallest absolute Gasteiger partial charge is 0.304 e. The SMILES string of the molecule is CO[C@H]1[C@H](OCc2ccccc2)[C@@H](N=[N+]=[N-])[C@@H](OC(C)=O)O[C@@H]1CI. The fraction of sp³-hybridized carbons (Fsp3) is 0.562. The number of rotatable bonds is 7. The molecule has 1 aromatic rings. The van der Waals surface area contributed by atoms with Gasteiger partial charge in [0.25, 0.3) is 0 Å². The number of hydrogen-bond donors (Lipinski definition) is 0. The summed E-state index contributed by atoms with van der Waals surface area (Å²) in [4.78, 5) is 14.2. The highest BCUT2D eigenvalue weighted by atomic mass is 127. The van der Waals surface area contributed by atoms with E-state index in [0.717, 1.165) is 5.56 Å². The molecule has 25 heavy (non-hydrogen) atoms. The van der Waals surface area contributed by atoms with Gasteiger partial charge in [0.1, 0.15) is 18.2 Å². The summed E-state index contributed by atoms with van der Waals surface area (Å²) in [5.41, 5.74) is 9.89. The molecule has 8 nitrogen and oxygen atoms in total. The minimum absolute atomic E-state index is 0.309. The van der Waals surface area contributed by atoms with Crippen LogP contribution in [0.3, 0.4) is 0 Å². The van der Waals surface area contributed by atoms with Gasteiger partial charge in [0, 0.05) is 23.4 Å². The van der Waals surface area contributed by atoms with E-state index in [2.05, 4.69) is 32.6 Å². The van der Waals surface area contributed by atoms with Gasteiger partial charge in [-0.25, -0.2) is 0 Å². The van der Waals surface area contributed by atoms with E-state index in [4.69, 9.17) is 24.5 Å². The van der Waals surface area contributed by atoms with Crippen molar-refractivity contribution in [3.63, 3.8) is 0 Å². The molecule has 0 saturated carbocycles. The Labute approximate surface area is 159 Å². The first-order valence-electron chi connectivity index (χ1n) is 7.71. The Hall–Kier alpha value is -1.39. The summed E-state index contributed by atoms with van der Waals surface area (Å²) in [6, 6.07) is 8.77. The summed E-state index contributed by atoms with van der Waals surface area (Å²) in [7, 11) is 1.55.